The van der Waals surface area contributed by atoms with Gasteiger partial charge in [-0.25, -0.2) is 0 Å². The Morgan fingerprint density at radius 3 is 2.73 bits per heavy atom. The fourth-order valence-electron chi connectivity index (χ4n) is 1.79. The summed E-state index contributed by atoms with van der Waals surface area (Å²) < 4.78 is 42.5. The smallest absolute Gasteiger partial charge is 0.417 e. The molecule has 22 heavy (non-hydrogen) atoms. The van der Waals surface area contributed by atoms with Crippen molar-refractivity contribution in [2.24, 2.45) is 0 Å². The minimum Gasteiger partial charge on any atom is -0.459 e. The van der Waals surface area contributed by atoms with Crippen molar-refractivity contribution in [3.8, 4) is 0 Å². The molecule has 0 unspecified atom stereocenters. The van der Waals surface area contributed by atoms with Gasteiger partial charge in [0.15, 0.2) is 5.76 Å². The van der Waals surface area contributed by atoms with Gasteiger partial charge in [0, 0.05) is 24.7 Å². The fourth-order valence-corrected chi connectivity index (χ4v) is 2.05. The van der Waals surface area contributed by atoms with Crippen molar-refractivity contribution in [3.05, 3.63) is 52.2 Å². The van der Waals surface area contributed by atoms with Crippen molar-refractivity contribution in [3.63, 3.8) is 0 Å². The van der Waals surface area contributed by atoms with Gasteiger partial charge in [0.2, 0.25) is 0 Å². The largest absolute Gasteiger partial charge is 0.459 e. The molecule has 4 nitrogen and oxygen atoms in total. The number of nitrogens with one attached hydrogen (secondary N) is 1. The molecule has 0 aliphatic carbocycles. The van der Waals surface area contributed by atoms with Crippen LogP contribution in [0, 0.1) is 6.92 Å². The Balaban J connectivity index is 1.95. The van der Waals surface area contributed by atoms with E-state index in [1.165, 1.54) is 6.26 Å². The van der Waals surface area contributed by atoms with E-state index in [4.69, 9.17) is 16.0 Å². The van der Waals surface area contributed by atoms with Gasteiger partial charge in [-0.3, -0.25) is 9.78 Å². The summed E-state index contributed by atoms with van der Waals surface area (Å²) in [5.41, 5.74) is 0.0748. The lowest BCUT2D eigenvalue weighted by molar-refractivity contribution is -0.137. The number of hydrogen-bond acceptors (Lipinski definition) is 3. The zero-order valence-corrected chi connectivity index (χ0v) is 12.3. The topological polar surface area (TPSA) is 55.1 Å². The van der Waals surface area contributed by atoms with Gasteiger partial charge in [0.1, 0.15) is 0 Å². The highest BCUT2D eigenvalue weighted by Crippen LogP contribution is 2.31. The second-order valence-electron chi connectivity index (χ2n) is 4.59. The first-order valence-electron chi connectivity index (χ1n) is 6.33. The highest BCUT2D eigenvalue weighted by Gasteiger charge is 2.31. The highest BCUT2D eigenvalue weighted by atomic mass is 35.5. The highest BCUT2D eigenvalue weighted by molar-refractivity contribution is 6.31. The second-order valence-corrected chi connectivity index (χ2v) is 5.00. The van der Waals surface area contributed by atoms with E-state index in [1.807, 2.05) is 0 Å². The van der Waals surface area contributed by atoms with Gasteiger partial charge in [-0.1, -0.05) is 11.6 Å². The third-order valence-electron chi connectivity index (χ3n) is 2.96. The summed E-state index contributed by atoms with van der Waals surface area (Å²) in [6.07, 6.45) is -2.15. The van der Waals surface area contributed by atoms with E-state index in [1.54, 1.807) is 13.0 Å². The van der Waals surface area contributed by atoms with Gasteiger partial charge in [0.05, 0.1) is 22.5 Å². The molecule has 0 aliphatic heterocycles. The SMILES string of the molecule is Cc1ccoc1C(=O)NCCc1ncc(C(F)(F)F)cc1Cl. The number of rotatable bonds is 4. The van der Waals surface area contributed by atoms with Gasteiger partial charge < -0.3 is 9.73 Å². The number of carbonyl (C=O) groups is 1. The number of halogens is 4. The molecule has 0 saturated heterocycles. The maximum Gasteiger partial charge on any atom is 0.417 e. The maximum absolute atomic E-state index is 12.5. The molecule has 0 saturated carbocycles. The zero-order chi connectivity index (χ0) is 16.3. The predicted molar refractivity (Wildman–Crippen MR) is 73.7 cm³/mol. The van der Waals surface area contributed by atoms with Crippen molar-refractivity contribution in [2.75, 3.05) is 6.54 Å². The molecule has 2 aromatic rings. The lowest BCUT2D eigenvalue weighted by Crippen LogP contribution is -2.26. The first kappa shape index (κ1) is 16.4. The summed E-state index contributed by atoms with van der Waals surface area (Å²) in [5, 5.41) is 2.51. The number of amides is 1. The Bertz CT molecular complexity index is 683. The number of aromatic nitrogens is 1. The monoisotopic (exact) mass is 332 g/mol. The second kappa shape index (κ2) is 6.39. The lowest BCUT2D eigenvalue weighted by Gasteiger charge is -2.09. The molecule has 0 aromatic carbocycles. The Kier molecular flexibility index (Phi) is 4.75. The number of pyridine rings is 1. The van der Waals surface area contributed by atoms with Crippen LogP contribution in [0.1, 0.15) is 27.4 Å². The van der Waals surface area contributed by atoms with E-state index in [2.05, 4.69) is 10.3 Å². The number of furan rings is 1. The molecule has 1 amide bonds. The van der Waals surface area contributed by atoms with Crippen LogP contribution in [0.5, 0.6) is 0 Å². The molecule has 0 atom stereocenters. The van der Waals surface area contributed by atoms with E-state index in [0.717, 1.165) is 12.3 Å². The molecule has 0 bridgehead atoms. The number of nitrogens with zero attached hydrogens (tertiary/aromatic N) is 1. The van der Waals surface area contributed by atoms with E-state index in [9.17, 15) is 18.0 Å². The molecular weight excluding hydrogens is 321 g/mol. The number of carbonyl (C=O) groups excluding carboxylic acids is 1. The Morgan fingerprint density at radius 2 is 2.18 bits per heavy atom. The van der Waals surface area contributed by atoms with E-state index < -0.39 is 17.6 Å². The van der Waals surface area contributed by atoms with E-state index in [-0.39, 0.29) is 29.4 Å². The number of hydrogen-bond donors (Lipinski definition) is 1. The minimum atomic E-state index is -4.49. The van der Waals surface area contributed by atoms with E-state index in [0.29, 0.717) is 5.56 Å². The maximum atomic E-state index is 12.5. The van der Waals surface area contributed by atoms with Crippen molar-refractivity contribution in [1.29, 1.82) is 0 Å². The Labute approximate surface area is 129 Å². The molecule has 1 N–H and O–H groups in total. The van der Waals surface area contributed by atoms with Gasteiger partial charge in [-0.15, -0.1) is 0 Å². The Hall–Kier alpha value is -2.02. The van der Waals surface area contributed by atoms with Crippen molar-refractivity contribution < 1.29 is 22.4 Å². The molecule has 2 heterocycles. The summed E-state index contributed by atoms with van der Waals surface area (Å²) in [7, 11) is 0. The summed E-state index contributed by atoms with van der Waals surface area (Å²) in [5.74, 6) is -0.197. The van der Waals surface area contributed by atoms with Crippen LogP contribution in [0.3, 0.4) is 0 Å². The third-order valence-corrected chi connectivity index (χ3v) is 3.29. The summed E-state index contributed by atoms with van der Waals surface area (Å²) >= 11 is 5.78. The van der Waals surface area contributed by atoms with Gasteiger partial charge in [-0.05, 0) is 19.1 Å². The summed E-state index contributed by atoms with van der Waals surface area (Å²) in [6.45, 7) is 1.91. The molecule has 118 valence electrons. The molecule has 0 fully saturated rings. The van der Waals surface area contributed by atoms with Crippen molar-refractivity contribution in [1.82, 2.24) is 10.3 Å². The molecule has 8 heteroatoms. The quantitative estimate of drug-likeness (QED) is 0.930. The van der Waals surface area contributed by atoms with Crippen LogP contribution in [-0.4, -0.2) is 17.4 Å². The van der Waals surface area contributed by atoms with Crippen LogP contribution in [0.15, 0.2) is 29.0 Å². The van der Waals surface area contributed by atoms with Crippen LogP contribution < -0.4 is 5.32 Å². The zero-order valence-electron chi connectivity index (χ0n) is 11.5. The van der Waals surface area contributed by atoms with Crippen LogP contribution in [0.25, 0.3) is 0 Å². The lowest BCUT2D eigenvalue weighted by atomic mass is 10.2. The molecule has 0 aliphatic rings. The first-order chi connectivity index (χ1) is 10.3. The standard InChI is InChI=1S/C14H12ClF3N2O2/c1-8-3-5-22-12(8)13(21)19-4-2-11-10(15)6-9(7-20-11)14(16,17)18/h3,5-7H,2,4H2,1H3,(H,19,21). The summed E-state index contributed by atoms with van der Waals surface area (Å²) in [6, 6.07) is 2.48. The van der Waals surface area contributed by atoms with Crippen LogP contribution in [0.2, 0.25) is 5.02 Å². The van der Waals surface area contributed by atoms with E-state index >= 15 is 0 Å². The molecule has 2 aromatic heterocycles. The molecule has 0 radical (unpaired) electrons. The number of aryl methyl sites for hydroxylation is 1. The van der Waals surface area contributed by atoms with Gasteiger partial charge in [-0.2, -0.15) is 13.2 Å². The number of alkyl halides is 3. The molecular formula is C14H12ClF3N2O2. The van der Waals surface area contributed by atoms with Crippen molar-refractivity contribution in [2.45, 2.75) is 19.5 Å². The van der Waals surface area contributed by atoms with Crippen LogP contribution in [0.4, 0.5) is 13.2 Å². The Morgan fingerprint density at radius 1 is 1.45 bits per heavy atom. The minimum absolute atomic E-state index is 0.0850. The molecule has 2 rings (SSSR count). The van der Waals surface area contributed by atoms with Crippen LogP contribution in [-0.2, 0) is 12.6 Å². The normalized spacial score (nSPS) is 11.5. The summed E-state index contributed by atoms with van der Waals surface area (Å²) in [4.78, 5) is 15.5. The van der Waals surface area contributed by atoms with Crippen LogP contribution >= 0.6 is 11.6 Å². The molecule has 0 spiro atoms. The van der Waals surface area contributed by atoms with Crippen molar-refractivity contribution >= 4 is 17.5 Å². The predicted octanol–water partition coefficient (Wildman–Crippen LogP) is 3.63. The first-order valence-corrected chi connectivity index (χ1v) is 6.70. The van der Waals surface area contributed by atoms with Gasteiger partial charge in [0.25, 0.3) is 5.91 Å². The van der Waals surface area contributed by atoms with Gasteiger partial charge >= 0.3 is 6.18 Å². The average molecular weight is 333 g/mol. The third kappa shape index (κ3) is 3.79. The fraction of sp³-hybridized carbons (Fsp3) is 0.286. The average Bonchev–Trinajstić information content (AvgIpc) is 2.85.